The number of carbonyl (C=O) groups excluding carboxylic acids is 1. The zero-order valence-corrected chi connectivity index (χ0v) is 12.2. The summed E-state index contributed by atoms with van der Waals surface area (Å²) in [5.74, 6) is 1.69. The summed E-state index contributed by atoms with van der Waals surface area (Å²) in [5, 5.41) is 0. The smallest absolute Gasteiger partial charge is 0.308 e. The van der Waals surface area contributed by atoms with E-state index in [0.717, 1.165) is 0 Å². The summed E-state index contributed by atoms with van der Waals surface area (Å²) in [6.45, 7) is 2.49. The normalized spacial score (nSPS) is 16.0. The Labute approximate surface area is 128 Å². The molecular formula is C17H16O5. The molecule has 1 fully saturated rings. The minimum Gasteiger partial charge on any atom is -0.487 e. The zero-order valence-electron chi connectivity index (χ0n) is 12.2. The summed E-state index contributed by atoms with van der Waals surface area (Å²) < 4.78 is 21.6. The largest absolute Gasteiger partial charge is 0.487 e. The fourth-order valence-electron chi connectivity index (χ4n) is 1.88. The average molecular weight is 300 g/mol. The molecule has 1 unspecified atom stereocenters. The maximum Gasteiger partial charge on any atom is 0.308 e. The molecule has 0 amide bonds. The van der Waals surface area contributed by atoms with Crippen molar-refractivity contribution in [3.05, 3.63) is 48.5 Å². The first-order chi connectivity index (χ1) is 10.7. The lowest BCUT2D eigenvalue weighted by Gasteiger charge is -2.12. The number of rotatable bonds is 6. The summed E-state index contributed by atoms with van der Waals surface area (Å²) in [6.07, 6.45) is 0.130. The Balaban J connectivity index is 1.77. The van der Waals surface area contributed by atoms with Gasteiger partial charge in [-0.3, -0.25) is 4.79 Å². The topological polar surface area (TPSA) is 57.3 Å². The van der Waals surface area contributed by atoms with Crippen molar-refractivity contribution in [3.63, 3.8) is 0 Å². The van der Waals surface area contributed by atoms with Crippen LogP contribution in [-0.2, 0) is 9.53 Å². The number of hydrogen-bond donors (Lipinski definition) is 0. The predicted octanol–water partition coefficient (Wildman–Crippen LogP) is 3.18. The van der Waals surface area contributed by atoms with Crippen LogP contribution in [0.2, 0.25) is 0 Å². The number of carbonyl (C=O) groups is 1. The number of ether oxygens (including phenoxy) is 4. The third-order valence-electron chi connectivity index (χ3n) is 2.97. The number of benzene rings is 2. The molecule has 114 valence electrons. The molecular weight excluding hydrogens is 284 g/mol. The molecule has 5 nitrogen and oxygen atoms in total. The highest BCUT2D eigenvalue weighted by atomic mass is 16.6. The van der Waals surface area contributed by atoms with Crippen molar-refractivity contribution in [1.82, 2.24) is 0 Å². The Hall–Kier alpha value is -2.53. The zero-order chi connectivity index (χ0) is 15.4. The molecule has 1 saturated heterocycles. The molecule has 0 bridgehead atoms. The van der Waals surface area contributed by atoms with Crippen LogP contribution in [0.25, 0.3) is 0 Å². The lowest BCUT2D eigenvalue weighted by Crippen LogP contribution is -2.08. The molecule has 0 spiro atoms. The van der Waals surface area contributed by atoms with Gasteiger partial charge in [0, 0.05) is 13.0 Å². The lowest BCUT2D eigenvalue weighted by molar-refractivity contribution is -0.132. The molecule has 0 N–H and O–H groups in total. The van der Waals surface area contributed by atoms with E-state index in [9.17, 15) is 4.79 Å². The molecule has 1 aliphatic rings. The number of hydrogen-bond acceptors (Lipinski definition) is 5. The van der Waals surface area contributed by atoms with Crippen LogP contribution in [-0.4, -0.2) is 25.3 Å². The molecule has 0 aliphatic carbocycles. The van der Waals surface area contributed by atoms with Gasteiger partial charge in [0.15, 0.2) is 11.5 Å². The second-order valence-corrected chi connectivity index (χ2v) is 4.88. The van der Waals surface area contributed by atoms with Gasteiger partial charge in [0.1, 0.15) is 24.2 Å². The monoisotopic (exact) mass is 300 g/mol. The maximum atomic E-state index is 11.2. The molecule has 1 aliphatic heterocycles. The number of epoxide rings is 1. The fraction of sp³-hybridized carbons (Fsp3) is 0.235. The highest BCUT2D eigenvalue weighted by molar-refractivity contribution is 5.70. The summed E-state index contributed by atoms with van der Waals surface area (Å²) in [5.41, 5.74) is 0. The fourth-order valence-corrected chi connectivity index (χ4v) is 1.88. The van der Waals surface area contributed by atoms with Gasteiger partial charge in [0.05, 0.1) is 6.61 Å². The molecule has 0 saturated carbocycles. The van der Waals surface area contributed by atoms with E-state index in [4.69, 9.17) is 18.9 Å². The minimum atomic E-state index is -0.413. The van der Waals surface area contributed by atoms with Crippen LogP contribution in [0, 0.1) is 0 Å². The van der Waals surface area contributed by atoms with Gasteiger partial charge in [-0.2, -0.15) is 0 Å². The van der Waals surface area contributed by atoms with Gasteiger partial charge in [0.2, 0.25) is 0 Å². The van der Waals surface area contributed by atoms with Crippen molar-refractivity contribution in [2.75, 3.05) is 13.2 Å². The molecule has 0 aromatic heterocycles. The van der Waals surface area contributed by atoms with Gasteiger partial charge >= 0.3 is 5.97 Å². The van der Waals surface area contributed by atoms with Crippen molar-refractivity contribution in [2.24, 2.45) is 0 Å². The number of para-hydroxylation sites is 1. The summed E-state index contributed by atoms with van der Waals surface area (Å²) in [4.78, 5) is 11.2. The van der Waals surface area contributed by atoms with Crippen LogP contribution in [0.5, 0.6) is 23.0 Å². The standard InChI is InChI=1S/C17H16O5/c1-12(18)21-17-9-14(22-13-5-3-2-4-6-13)7-8-16(17)20-11-15-10-19-15/h2-9,15H,10-11H2,1H3. The van der Waals surface area contributed by atoms with Crippen molar-refractivity contribution < 1.29 is 23.7 Å². The molecule has 1 heterocycles. The molecule has 22 heavy (non-hydrogen) atoms. The van der Waals surface area contributed by atoms with Crippen LogP contribution >= 0.6 is 0 Å². The second kappa shape index (κ2) is 6.49. The SMILES string of the molecule is CC(=O)Oc1cc(Oc2ccccc2)ccc1OCC1CO1. The Morgan fingerprint density at radius 2 is 1.91 bits per heavy atom. The van der Waals surface area contributed by atoms with Gasteiger partial charge in [0.25, 0.3) is 0 Å². The van der Waals surface area contributed by atoms with Crippen molar-refractivity contribution in [3.8, 4) is 23.0 Å². The van der Waals surface area contributed by atoms with Crippen molar-refractivity contribution in [1.29, 1.82) is 0 Å². The van der Waals surface area contributed by atoms with E-state index >= 15 is 0 Å². The van der Waals surface area contributed by atoms with E-state index in [1.807, 2.05) is 30.3 Å². The molecule has 3 rings (SSSR count). The van der Waals surface area contributed by atoms with E-state index in [2.05, 4.69) is 0 Å². The number of esters is 1. The third kappa shape index (κ3) is 3.99. The highest BCUT2D eigenvalue weighted by Gasteiger charge is 2.24. The molecule has 2 aromatic rings. The first-order valence-electron chi connectivity index (χ1n) is 7.00. The van der Waals surface area contributed by atoms with E-state index in [1.165, 1.54) is 6.92 Å². The van der Waals surface area contributed by atoms with E-state index in [0.29, 0.717) is 36.2 Å². The van der Waals surface area contributed by atoms with Crippen molar-refractivity contribution in [2.45, 2.75) is 13.0 Å². The van der Waals surface area contributed by atoms with E-state index in [-0.39, 0.29) is 6.10 Å². The minimum absolute atomic E-state index is 0.130. The van der Waals surface area contributed by atoms with Gasteiger partial charge in [-0.25, -0.2) is 0 Å². The van der Waals surface area contributed by atoms with Crippen LogP contribution < -0.4 is 14.2 Å². The first kappa shape index (κ1) is 14.4. The molecule has 5 heteroatoms. The van der Waals surface area contributed by atoms with Crippen LogP contribution in [0.4, 0.5) is 0 Å². The van der Waals surface area contributed by atoms with Crippen LogP contribution in [0.1, 0.15) is 6.92 Å². The van der Waals surface area contributed by atoms with E-state index in [1.54, 1.807) is 18.2 Å². The third-order valence-corrected chi connectivity index (χ3v) is 2.97. The van der Waals surface area contributed by atoms with Gasteiger partial charge in [-0.1, -0.05) is 18.2 Å². The van der Waals surface area contributed by atoms with E-state index < -0.39 is 5.97 Å². The Morgan fingerprint density at radius 3 is 2.59 bits per heavy atom. The summed E-state index contributed by atoms with van der Waals surface area (Å²) >= 11 is 0. The summed E-state index contributed by atoms with van der Waals surface area (Å²) in [7, 11) is 0. The summed E-state index contributed by atoms with van der Waals surface area (Å²) in [6, 6.07) is 14.5. The van der Waals surface area contributed by atoms with Crippen LogP contribution in [0.15, 0.2) is 48.5 Å². The lowest BCUT2D eigenvalue weighted by atomic mass is 10.3. The Kier molecular flexibility index (Phi) is 4.25. The second-order valence-electron chi connectivity index (χ2n) is 4.88. The first-order valence-corrected chi connectivity index (χ1v) is 7.00. The Morgan fingerprint density at radius 1 is 1.14 bits per heavy atom. The van der Waals surface area contributed by atoms with Crippen LogP contribution in [0.3, 0.4) is 0 Å². The predicted molar refractivity (Wildman–Crippen MR) is 79.5 cm³/mol. The quantitative estimate of drug-likeness (QED) is 0.466. The van der Waals surface area contributed by atoms with Gasteiger partial charge in [-0.15, -0.1) is 0 Å². The molecule has 0 radical (unpaired) electrons. The average Bonchev–Trinajstić information content (AvgIpc) is 3.31. The molecule has 2 aromatic carbocycles. The Bertz CT molecular complexity index is 649. The highest BCUT2D eigenvalue weighted by Crippen LogP contribution is 2.34. The van der Waals surface area contributed by atoms with Crippen molar-refractivity contribution >= 4 is 5.97 Å². The van der Waals surface area contributed by atoms with Gasteiger partial charge < -0.3 is 18.9 Å². The molecule has 1 atom stereocenters. The van der Waals surface area contributed by atoms with Gasteiger partial charge in [-0.05, 0) is 24.3 Å². The maximum absolute atomic E-state index is 11.2.